The molecule has 0 aromatic heterocycles. The summed E-state index contributed by atoms with van der Waals surface area (Å²) in [6.45, 7) is 11.3. The Morgan fingerprint density at radius 2 is 1.92 bits per heavy atom. The zero-order valence-electron chi connectivity index (χ0n) is 8.81. The van der Waals surface area contributed by atoms with Crippen LogP contribution in [0.15, 0.2) is 0 Å². The largest absolute Gasteiger partial charge is 0.521 e. The first-order valence-corrected chi connectivity index (χ1v) is 7.39. The fourth-order valence-corrected chi connectivity index (χ4v) is 2.62. The van der Waals surface area contributed by atoms with Crippen molar-refractivity contribution in [3.05, 3.63) is 0 Å². The lowest BCUT2D eigenvalue weighted by Crippen LogP contribution is -2.42. The Kier molecular flexibility index (Phi) is 3.97. The molecule has 0 radical (unpaired) electrons. The molecular formula is C9H20O2Si. The smallest absolute Gasteiger partial charge is 0.279 e. The molecule has 0 heterocycles. The first kappa shape index (κ1) is 11.7. The van der Waals surface area contributed by atoms with Crippen LogP contribution in [0.5, 0.6) is 0 Å². The van der Waals surface area contributed by atoms with E-state index in [4.69, 9.17) is 4.43 Å². The van der Waals surface area contributed by atoms with Gasteiger partial charge in [0, 0.05) is 0 Å². The molecule has 0 bridgehead atoms. The Morgan fingerprint density at radius 3 is 2.25 bits per heavy atom. The molecule has 0 aromatic carbocycles. The van der Waals surface area contributed by atoms with Gasteiger partial charge in [-0.15, -0.1) is 0 Å². The minimum absolute atomic E-state index is 0.183. The van der Waals surface area contributed by atoms with Gasteiger partial charge >= 0.3 is 0 Å². The molecule has 0 saturated heterocycles. The van der Waals surface area contributed by atoms with Gasteiger partial charge in [-0.05, 0) is 24.6 Å². The lowest BCUT2D eigenvalue weighted by molar-refractivity contribution is -0.121. The first-order valence-electron chi connectivity index (χ1n) is 4.49. The van der Waals surface area contributed by atoms with Crippen molar-refractivity contribution >= 4 is 14.8 Å². The van der Waals surface area contributed by atoms with Crippen molar-refractivity contribution in [2.45, 2.75) is 51.7 Å². The van der Waals surface area contributed by atoms with Crippen LogP contribution in [0.4, 0.5) is 0 Å². The average Bonchev–Trinajstić information content (AvgIpc) is 1.86. The van der Waals surface area contributed by atoms with E-state index in [-0.39, 0.29) is 5.04 Å². The second-order valence-electron chi connectivity index (χ2n) is 4.36. The lowest BCUT2D eigenvalue weighted by Gasteiger charge is -2.37. The van der Waals surface area contributed by atoms with E-state index in [9.17, 15) is 4.79 Å². The van der Waals surface area contributed by atoms with Crippen LogP contribution in [0, 0.1) is 0 Å². The summed E-state index contributed by atoms with van der Waals surface area (Å²) in [4.78, 5) is 10.3. The highest BCUT2D eigenvalue weighted by atomic mass is 28.4. The van der Waals surface area contributed by atoms with Crippen LogP contribution < -0.4 is 0 Å². The molecule has 0 amide bonds. The second-order valence-corrected chi connectivity index (χ2v) is 8.97. The summed E-state index contributed by atoms with van der Waals surface area (Å²) >= 11 is 0. The number of rotatable bonds is 5. The van der Waals surface area contributed by atoms with Crippen LogP contribution >= 0.6 is 0 Å². The van der Waals surface area contributed by atoms with Crippen molar-refractivity contribution in [3.63, 3.8) is 0 Å². The molecule has 0 rings (SSSR count). The fourth-order valence-electron chi connectivity index (χ4n) is 1.21. The molecule has 0 atom stereocenters. The van der Waals surface area contributed by atoms with Gasteiger partial charge in [-0.25, -0.2) is 0 Å². The first-order chi connectivity index (χ1) is 5.37. The number of carbonyl (C=O) groups is 1. The summed E-state index contributed by atoms with van der Waals surface area (Å²) < 4.78 is 5.20. The van der Waals surface area contributed by atoms with Gasteiger partial charge in [-0.2, -0.15) is 0 Å². The number of hydrogen-bond donors (Lipinski definition) is 0. The molecule has 0 aliphatic heterocycles. The van der Waals surface area contributed by atoms with Crippen molar-refractivity contribution in [2.75, 3.05) is 0 Å². The van der Waals surface area contributed by atoms with Gasteiger partial charge in [0.15, 0.2) is 0 Å². The summed E-state index contributed by atoms with van der Waals surface area (Å²) in [5, 5.41) is 0.183. The monoisotopic (exact) mass is 188 g/mol. The summed E-state index contributed by atoms with van der Waals surface area (Å²) in [6.07, 6.45) is 2.27. The quantitative estimate of drug-likeness (QED) is 0.490. The van der Waals surface area contributed by atoms with E-state index in [0.717, 1.165) is 12.8 Å². The fraction of sp³-hybridized carbons (Fsp3) is 0.889. The highest BCUT2D eigenvalue weighted by Crippen LogP contribution is 2.41. The van der Waals surface area contributed by atoms with Crippen molar-refractivity contribution in [1.82, 2.24) is 0 Å². The standard InChI is InChI=1S/C9H20O2Si/c1-6-7-9(2,3)12(4,5)11-8-10/h8H,6-7H2,1-5H3. The average molecular weight is 188 g/mol. The Morgan fingerprint density at radius 1 is 1.42 bits per heavy atom. The van der Waals surface area contributed by atoms with E-state index in [1.807, 2.05) is 0 Å². The van der Waals surface area contributed by atoms with E-state index in [1.54, 1.807) is 0 Å². The maximum Gasteiger partial charge on any atom is 0.279 e. The molecule has 0 saturated carbocycles. The molecule has 12 heavy (non-hydrogen) atoms. The van der Waals surface area contributed by atoms with Gasteiger partial charge in [0.25, 0.3) is 14.8 Å². The van der Waals surface area contributed by atoms with E-state index in [2.05, 4.69) is 33.9 Å². The molecule has 3 heteroatoms. The predicted octanol–water partition coefficient (Wildman–Crippen LogP) is 2.94. The van der Waals surface area contributed by atoms with Gasteiger partial charge in [0.1, 0.15) is 0 Å². The van der Waals surface area contributed by atoms with Crippen LogP contribution in [0.25, 0.3) is 0 Å². The SMILES string of the molecule is CCCC(C)(C)[Si](C)(C)OC=O. The van der Waals surface area contributed by atoms with Gasteiger partial charge in [0.2, 0.25) is 0 Å². The van der Waals surface area contributed by atoms with E-state index in [1.165, 1.54) is 0 Å². The maximum absolute atomic E-state index is 10.3. The van der Waals surface area contributed by atoms with Crippen molar-refractivity contribution in [2.24, 2.45) is 0 Å². The molecule has 0 N–H and O–H groups in total. The Bertz CT molecular complexity index is 153. The van der Waals surface area contributed by atoms with Crippen LogP contribution in [-0.2, 0) is 9.22 Å². The van der Waals surface area contributed by atoms with E-state index >= 15 is 0 Å². The Balaban J connectivity index is 4.38. The minimum Gasteiger partial charge on any atom is -0.521 e. The van der Waals surface area contributed by atoms with Crippen LogP contribution in [0.1, 0.15) is 33.6 Å². The van der Waals surface area contributed by atoms with Crippen LogP contribution in [0.2, 0.25) is 18.1 Å². The summed E-state index contributed by atoms with van der Waals surface area (Å²) in [6, 6.07) is 0. The third-order valence-electron chi connectivity index (χ3n) is 2.85. The Labute approximate surface area is 76.4 Å². The third kappa shape index (κ3) is 2.63. The lowest BCUT2D eigenvalue weighted by atomic mass is 10.1. The molecule has 0 aliphatic carbocycles. The predicted molar refractivity (Wildman–Crippen MR) is 53.6 cm³/mol. The number of hydrogen-bond acceptors (Lipinski definition) is 2. The molecule has 0 aromatic rings. The molecule has 2 nitrogen and oxygen atoms in total. The molecule has 0 aliphatic rings. The van der Waals surface area contributed by atoms with Crippen molar-refractivity contribution in [3.8, 4) is 0 Å². The van der Waals surface area contributed by atoms with Gasteiger partial charge in [-0.3, -0.25) is 4.79 Å². The zero-order valence-corrected chi connectivity index (χ0v) is 9.81. The van der Waals surface area contributed by atoms with Gasteiger partial charge < -0.3 is 4.43 Å². The second kappa shape index (κ2) is 4.08. The summed E-state index contributed by atoms with van der Waals surface area (Å²) in [7, 11) is -1.82. The zero-order chi connectivity index (χ0) is 9.83. The molecule has 0 spiro atoms. The minimum atomic E-state index is -1.82. The highest BCUT2D eigenvalue weighted by Gasteiger charge is 2.41. The number of carbonyl (C=O) groups excluding carboxylic acids is 1. The van der Waals surface area contributed by atoms with E-state index in [0.29, 0.717) is 6.47 Å². The highest BCUT2D eigenvalue weighted by molar-refractivity contribution is 6.75. The topological polar surface area (TPSA) is 26.3 Å². The Hall–Kier alpha value is -0.313. The molecule has 0 fully saturated rings. The van der Waals surface area contributed by atoms with E-state index < -0.39 is 8.32 Å². The third-order valence-corrected chi connectivity index (χ3v) is 7.04. The molecule has 72 valence electrons. The van der Waals surface area contributed by atoms with Crippen LogP contribution in [-0.4, -0.2) is 14.8 Å². The summed E-state index contributed by atoms with van der Waals surface area (Å²) in [5.41, 5.74) is 0. The normalized spacial score (nSPS) is 12.8. The van der Waals surface area contributed by atoms with Gasteiger partial charge in [0.05, 0.1) is 0 Å². The van der Waals surface area contributed by atoms with Crippen LogP contribution in [0.3, 0.4) is 0 Å². The van der Waals surface area contributed by atoms with Crippen molar-refractivity contribution in [1.29, 1.82) is 0 Å². The molecular weight excluding hydrogens is 168 g/mol. The summed E-state index contributed by atoms with van der Waals surface area (Å²) in [5.74, 6) is 0. The van der Waals surface area contributed by atoms with Crippen molar-refractivity contribution < 1.29 is 9.22 Å². The molecule has 0 unspecified atom stereocenters. The maximum atomic E-state index is 10.3. The van der Waals surface area contributed by atoms with Gasteiger partial charge in [-0.1, -0.05) is 27.2 Å².